The van der Waals surface area contributed by atoms with Crippen molar-refractivity contribution in [3.05, 3.63) is 40.8 Å². The molecule has 190 valence electrons. The highest BCUT2D eigenvalue weighted by Gasteiger charge is 2.43. The van der Waals surface area contributed by atoms with Crippen molar-refractivity contribution in [2.45, 2.75) is 63.8 Å². The van der Waals surface area contributed by atoms with Gasteiger partial charge in [0.2, 0.25) is 5.91 Å². The standard InChI is InChI=1S/C27H36ClFN4O2/c1-27(8-2-9-27)32-25(34)14-20-3-4-22(15-24(20)29)35-12-7-19-13-23(19)18-5-10-33(11-6-18)26-30-16-21(28)17-31-26/h3-4,15-16,18-19,23H,2,5-14,17H2,1H3,(H,30,31)(H,32,34)/t19-,23-/m1/s1. The zero-order chi connectivity index (χ0) is 24.4. The number of piperidine rings is 1. The van der Waals surface area contributed by atoms with Crippen molar-refractivity contribution < 1.29 is 13.9 Å². The maximum atomic E-state index is 14.5. The summed E-state index contributed by atoms with van der Waals surface area (Å²) in [5, 5.41) is 6.97. The van der Waals surface area contributed by atoms with Crippen molar-refractivity contribution in [3.8, 4) is 5.75 Å². The van der Waals surface area contributed by atoms with E-state index in [0.717, 1.165) is 61.6 Å². The summed E-state index contributed by atoms with van der Waals surface area (Å²) in [7, 11) is 0. The normalized spacial score (nSPS) is 25.6. The van der Waals surface area contributed by atoms with E-state index in [2.05, 4.69) is 20.5 Å². The van der Waals surface area contributed by atoms with Crippen molar-refractivity contribution in [2.75, 3.05) is 26.2 Å². The first-order valence-electron chi connectivity index (χ1n) is 13.0. The Morgan fingerprint density at radius 1 is 1.34 bits per heavy atom. The van der Waals surface area contributed by atoms with Crippen LogP contribution in [0.25, 0.3) is 0 Å². The van der Waals surface area contributed by atoms with Gasteiger partial charge in [-0.2, -0.15) is 0 Å². The number of likely N-dealkylation sites (tertiary alicyclic amines) is 1. The molecule has 3 fully saturated rings. The quantitative estimate of drug-likeness (QED) is 0.546. The third-order valence-electron chi connectivity index (χ3n) is 8.19. The maximum absolute atomic E-state index is 14.5. The summed E-state index contributed by atoms with van der Waals surface area (Å²) in [4.78, 5) is 19.1. The Morgan fingerprint density at radius 2 is 2.14 bits per heavy atom. The van der Waals surface area contributed by atoms with Crippen molar-refractivity contribution in [1.82, 2.24) is 15.5 Å². The molecule has 5 rings (SSSR count). The Hall–Kier alpha value is -2.28. The van der Waals surface area contributed by atoms with E-state index in [-0.39, 0.29) is 23.7 Å². The summed E-state index contributed by atoms with van der Waals surface area (Å²) in [6.45, 7) is 5.28. The van der Waals surface area contributed by atoms with E-state index >= 15 is 0 Å². The smallest absolute Gasteiger partial charge is 0.224 e. The number of carbonyl (C=O) groups is 1. The summed E-state index contributed by atoms with van der Waals surface area (Å²) in [6.07, 6.45) is 9.70. The first-order valence-corrected chi connectivity index (χ1v) is 13.4. The molecule has 2 atom stereocenters. The van der Waals surface area contributed by atoms with Crippen LogP contribution in [0.4, 0.5) is 4.39 Å². The monoisotopic (exact) mass is 502 g/mol. The van der Waals surface area contributed by atoms with Gasteiger partial charge in [0.15, 0.2) is 5.96 Å². The van der Waals surface area contributed by atoms with Gasteiger partial charge < -0.3 is 20.3 Å². The number of nitrogens with zero attached hydrogens (tertiary/aromatic N) is 2. The first kappa shape index (κ1) is 24.4. The van der Waals surface area contributed by atoms with E-state index in [9.17, 15) is 9.18 Å². The number of halogens is 2. The van der Waals surface area contributed by atoms with Crippen LogP contribution in [0, 0.1) is 23.6 Å². The first-order chi connectivity index (χ1) is 16.9. The molecule has 8 heteroatoms. The molecule has 1 aromatic carbocycles. The second-order valence-electron chi connectivity index (χ2n) is 10.9. The largest absolute Gasteiger partial charge is 0.493 e. The fraction of sp³-hybridized carbons (Fsp3) is 0.630. The topological polar surface area (TPSA) is 66.0 Å². The Morgan fingerprint density at radius 3 is 2.80 bits per heavy atom. The number of ether oxygens (including phenoxy) is 1. The predicted octanol–water partition coefficient (Wildman–Crippen LogP) is 4.58. The molecule has 2 N–H and O–H groups in total. The molecule has 4 aliphatic rings. The Labute approximate surface area is 212 Å². The molecule has 1 saturated heterocycles. The molecule has 2 aliphatic carbocycles. The van der Waals surface area contributed by atoms with Crippen LogP contribution >= 0.6 is 11.6 Å². The van der Waals surface area contributed by atoms with Crippen LogP contribution in [0.1, 0.15) is 57.4 Å². The zero-order valence-electron chi connectivity index (χ0n) is 20.5. The van der Waals surface area contributed by atoms with Gasteiger partial charge in [0.05, 0.1) is 24.6 Å². The van der Waals surface area contributed by atoms with Gasteiger partial charge in [-0.1, -0.05) is 17.7 Å². The molecule has 2 aliphatic heterocycles. The van der Waals surface area contributed by atoms with E-state index in [1.54, 1.807) is 12.1 Å². The molecule has 6 nitrogen and oxygen atoms in total. The van der Waals surface area contributed by atoms with Crippen LogP contribution in [-0.2, 0) is 11.2 Å². The molecule has 0 unspecified atom stereocenters. The number of carbonyl (C=O) groups excluding carboxylic acids is 1. The molecule has 0 spiro atoms. The molecule has 0 bridgehead atoms. The second kappa shape index (κ2) is 10.4. The molecule has 0 aromatic heterocycles. The van der Waals surface area contributed by atoms with Gasteiger partial charge in [-0.05, 0) is 81.3 Å². The van der Waals surface area contributed by atoms with E-state index in [1.807, 2.05) is 13.1 Å². The number of amides is 1. The summed E-state index contributed by atoms with van der Waals surface area (Å²) in [5.74, 6) is 3.25. The Balaban J connectivity index is 1.00. The minimum atomic E-state index is -0.373. The molecule has 2 heterocycles. The van der Waals surface area contributed by atoms with Gasteiger partial charge in [-0.25, -0.2) is 9.38 Å². The fourth-order valence-corrected chi connectivity index (χ4v) is 5.89. The van der Waals surface area contributed by atoms with E-state index in [0.29, 0.717) is 30.4 Å². The van der Waals surface area contributed by atoms with Crippen LogP contribution in [0.5, 0.6) is 5.75 Å². The number of benzene rings is 1. The fourth-order valence-electron chi connectivity index (χ4n) is 5.77. The number of rotatable bonds is 8. The van der Waals surface area contributed by atoms with Crippen LogP contribution in [-0.4, -0.2) is 48.5 Å². The molecule has 1 aromatic rings. The van der Waals surface area contributed by atoms with Crippen molar-refractivity contribution in [3.63, 3.8) is 0 Å². The molecule has 0 radical (unpaired) electrons. The minimum Gasteiger partial charge on any atom is -0.493 e. The van der Waals surface area contributed by atoms with Crippen molar-refractivity contribution in [1.29, 1.82) is 0 Å². The van der Waals surface area contributed by atoms with Gasteiger partial charge in [0.25, 0.3) is 0 Å². The molecule has 2 saturated carbocycles. The number of aliphatic imine (C=N–C) groups is 1. The van der Waals surface area contributed by atoms with E-state index < -0.39 is 0 Å². The van der Waals surface area contributed by atoms with Gasteiger partial charge in [0.1, 0.15) is 11.6 Å². The van der Waals surface area contributed by atoms with Gasteiger partial charge >= 0.3 is 0 Å². The Bertz CT molecular complexity index is 1000. The van der Waals surface area contributed by atoms with Crippen molar-refractivity contribution in [2.24, 2.45) is 22.7 Å². The van der Waals surface area contributed by atoms with Gasteiger partial charge in [-0.15, -0.1) is 0 Å². The highest BCUT2D eigenvalue weighted by molar-refractivity contribution is 6.30. The minimum absolute atomic E-state index is 0.0676. The van der Waals surface area contributed by atoms with E-state index in [1.165, 1.54) is 25.3 Å². The number of nitrogens with one attached hydrogen (secondary N) is 2. The lowest BCUT2D eigenvalue weighted by Gasteiger charge is -2.39. The summed E-state index contributed by atoms with van der Waals surface area (Å²) < 4.78 is 20.4. The van der Waals surface area contributed by atoms with Crippen LogP contribution in [0.15, 0.2) is 34.4 Å². The number of hydrogen-bond acceptors (Lipinski definition) is 5. The molecule has 35 heavy (non-hydrogen) atoms. The molecular formula is C27H36ClFN4O2. The summed E-state index contributed by atoms with van der Waals surface area (Å²) >= 11 is 5.98. The third-order valence-corrected chi connectivity index (χ3v) is 8.42. The lowest BCUT2D eigenvalue weighted by atomic mass is 9.78. The van der Waals surface area contributed by atoms with Crippen LogP contribution in [0.2, 0.25) is 0 Å². The summed E-state index contributed by atoms with van der Waals surface area (Å²) in [5.41, 5.74) is 0.307. The average molecular weight is 503 g/mol. The van der Waals surface area contributed by atoms with E-state index in [4.69, 9.17) is 16.3 Å². The maximum Gasteiger partial charge on any atom is 0.224 e. The third kappa shape index (κ3) is 6.11. The zero-order valence-corrected chi connectivity index (χ0v) is 21.2. The highest BCUT2D eigenvalue weighted by atomic mass is 35.5. The Kier molecular flexibility index (Phi) is 7.24. The second-order valence-corrected chi connectivity index (χ2v) is 11.4. The molecule has 1 amide bonds. The lowest BCUT2D eigenvalue weighted by molar-refractivity contribution is -0.123. The number of guanidine groups is 1. The van der Waals surface area contributed by atoms with Gasteiger partial charge in [-0.3, -0.25) is 4.79 Å². The van der Waals surface area contributed by atoms with Crippen LogP contribution < -0.4 is 15.4 Å². The highest BCUT2D eigenvalue weighted by Crippen LogP contribution is 2.49. The lowest BCUT2D eigenvalue weighted by Crippen LogP contribution is -2.51. The predicted molar refractivity (Wildman–Crippen MR) is 136 cm³/mol. The van der Waals surface area contributed by atoms with Crippen LogP contribution in [0.3, 0.4) is 0 Å². The number of hydrogen-bond donors (Lipinski definition) is 2. The summed E-state index contributed by atoms with van der Waals surface area (Å²) in [6, 6.07) is 4.87. The van der Waals surface area contributed by atoms with Crippen molar-refractivity contribution >= 4 is 23.5 Å². The SMILES string of the molecule is CC1(NC(=O)Cc2ccc(OCC[C@@H]3C[C@@H]3C3CCN(C4=NCC(Cl)=CN4)CC3)cc2F)CCC1. The molecular weight excluding hydrogens is 467 g/mol. The van der Waals surface area contributed by atoms with Gasteiger partial charge in [0, 0.05) is 30.9 Å². The average Bonchev–Trinajstić information content (AvgIpc) is 3.60.